The van der Waals surface area contributed by atoms with E-state index in [1.54, 1.807) is 105 Å². The van der Waals surface area contributed by atoms with Crippen molar-refractivity contribution in [2.75, 3.05) is 43.2 Å². The maximum Gasteiger partial charge on any atom is 1.00 e. The average Bonchev–Trinajstić information content (AvgIpc) is 1.75. The molecule has 3 heterocycles. The van der Waals surface area contributed by atoms with Gasteiger partial charge in [-0.15, -0.1) is 0 Å². The van der Waals surface area contributed by atoms with Crippen LogP contribution in [-0.4, -0.2) is 106 Å². The van der Waals surface area contributed by atoms with Gasteiger partial charge in [-0.25, -0.2) is 31.1 Å². The fraction of sp³-hybridized carbons (Fsp3) is 0.250. The van der Waals surface area contributed by atoms with Crippen LogP contribution in [0.5, 0.6) is 17.2 Å². The second kappa shape index (κ2) is 49.2. The topological polar surface area (TPSA) is 316 Å². The van der Waals surface area contributed by atoms with Crippen molar-refractivity contribution in [1.82, 2.24) is 16.0 Å². The van der Waals surface area contributed by atoms with Gasteiger partial charge in [0.2, 0.25) is 8.32 Å². The number of nitrogens with one attached hydrogen (secondary N) is 5. The zero-order valence-corrected chi connectivity index (χ0v) is 70.1. The van der Waals surface area contributed by atoms with Gasteiger partial charge in [-0.2, -0.15) is 0 Å². The van der Waals surface area contributed by atoms with Crippen LogP contribution >= 0.6 is 0 Å². The standard InChI is InChI=1S/C23H29FN2O3Si.C17H15FN2O3.C12H13FO2.C10H11FO.C8H7FO.C8H6N2O2.C7H5FO2.C2H6.CH3F.Na.H/c1-23(2,3)30(4,5)29-16-12-11-15(18(24)14-16)8-7-13-25-19-10-6-9-17-20(19)22(28)26-21(17)27;18-13-9-11(21)7-6-10(13)3-2-8-19-14-5-1-4-12-15(14)17(23)20-16(12)22;1-3-15-12(14)7-6-10-5-4-9(2)8-11(10)13;1-8-4-5-9(3-2-6-12)10(11)7-8;1-6-2-3-7(5-10)8(9)4-6;9-5-3-1-2-4-6(5)8(12)10-7(4)11;8-7-3-6(10)2-1-5(7)4-9;2*1-2;;/h6,9-12,14,25H,7-8,13H2,1-5H3,(H,26,27,28);1,4-7,9,19,21H,2-3,8H2,(H,20,22,23);4-8H,3H2,1-2H3;4-7H,2-3H2,1H3;2-5H,1H3;1-3H,9H2,(H,10,11,12);1-4,10H;1-2H3;1H3;;/q;;;;;;;;;+1;-1/b;;7-6+;;;;;;;;/i;;;;;;;;1D;;. The van der Waals surface area contributed by atoms with Crippen LogP contribution in [0.3, 0.4) is 0 Å². The minimum absolute atomic E-state index is 0. The van der Waals surface area contributed by atoms with E-state index in [-0.39, 0.29) is 99.7 Å². The zero-order valence-electron chi connectivity index (χ0n) is 69.1. The van der Waals surface area contributed by atoms with E-state index in [2.05, 4.69) is 65.2 Å². The van der Waals surface area contributed by atoms with Crippen LogP contribution in [0.2, 0.25) is 18.1 Å². The number of halogens is 7. The summed E-state index contributed by atoms with van der Waals surface area (Å²) in [5, 5.41) is 30.9. The molecule has 29 heteroatoms. The van der Waals surface area contributed by atoms with Gasteiger partial charge < -0.3 is 42.0 Å². The first-order chi connectivity index (χ1) is 55.5. The summed E-state index contributed by atoms with van der Waals surface area (Å²) in [6, 6.07) is 42.0. The first kappa shape index (κ1) is 97.5. The van der Waals surface area contributed by atoms with Gasteiger partial charge in [-0.05, 0) is 202 Å². The molecule has 12 rings (SSSR count). The maximum absolute atomic E-state index is 14.6. The summed E-state index contributed by atoms with van der Waals surface area (Å²) >= 11 is 0. The van der Waals surface area contributed by atoms with E-state index in [0.717, 1.165) is 35.1 Å². The molecule has 20 nitrogen and oxygen atoms in total. The molecule has 0 bridgehead atoms. The maximum atomic E-state index is 14.6. The van der Waals surface area contributed by atoms with Crippen LogP contribution in [0.1, 0.15) is 185 Å². The molecule has 9 N–H and O–H groups in total. The number of hydrogen-bond donors (Lipinski definition) is 8. The van der Waals surface area contributed by atoms with Gasteiger partial charge in [0.15, 0.2) is 12.6 Å². The Morgan fingerprint density at radius 2 is 0.906 bits per heavy atom. The molecule has 9 aromatic carbocycles. The number of ether oxygens (including phenoxy) is 1. The molecule has 0 aliphatic carbocycles. The number of amides is 6. The number of nitrogens with two attached hydrogens (primary N) is 1. The third-order valence-electron chi connectivity index (χ3n) is 17.4. The van der Waals surface area contributed by atoms with Crippen molar-refractivity contribution < 1.29 is 130 Å². The number of alkyl halides is 1. The summed E-state index contributed by atoms with van der Waals surface area (Å²) in [6.07, 6.45) is 7.60. The molecule has 3 aliphatic heterocycles. The molecule has 616 valence electrons. The van der Waals surface area contributed by atoms with Gasteiger partial charge in [0, 0.05) is 66.4 Å². The van der Waals surface area contributed by atoms with Gasteiger partial charge in [0.25, 0.3) is 35.4 Å². The van der Waals surface area contributed by atoms with Crippen molar-refractivity contribution in [2.24, 2.45) is 0 Å². The first-order valence-corrected chi connectivity index (χ1v) is 39.4. The van der Waals surface area contributed by atoms with E-state index in [9.17, 15) is 83.8 Å². The zero-order chi connectivity index (χ0) is 87.3. The van der Waals surface area contributed by atoms with Crippen LogP contribution in [0.15, 0.2) is 170 Å². The van der Waals surface area contributed by atoms with Gasteiger partial charge >= 0.3 is 35.5 Å². The second-order valence-electron chi connectivity index (χ2n) is 26.9. The number of phenols is 2. The Kier molecular flexibility index (Phi) is 41.0. The molecule has 0 atom stereocenters. The van der Waals surface area contributed by atoms with E-state index in [4.69, 9.17) is 16.6 Å². The molecule has 9 aromatic rings. The van der Waals surface area contributed by atoms with E-state index in [0.29, 0.717) is 149 Å². The summed E-state index contributed by atoms with van der Waals surface area (Å²) in [5.74, 6) is -4.89. The van der Waals surface area contributed by atoms with Crippen molar-refractivity contribution in [2.45, 2.75) is 119 Å². The van der Waals surface area contributed by atoms with E-state index < -0.39 is 50.7 Å². The number of carbonyl (C=O) groups excluding carboxylic acids is 10. The molecule has 0 fully saturated rings. The number of aldehydes is 3. The van der Waals surface area contributed by atoms with Crippen LogP contribution in [0, 0.1) is 55.7 Å². The number of hydrogen-bond acceptors (Lipinski definition) is 17. The summed E-state index contributed by atoms with van der Waals surface area (Å²) in [5.41, 5.74) is 14.0. The molecule has 0 spiro atoms. The number of carbonyl (C=O) groups is 10. The van der Waals surface area contributed by atoms with Crippen molar-refractivity contribution in [3.05, 3.63) is 288 Å². The number of anilines is 3. The quantitative estimate of drug-likeness (QED) is 0.00514. The van der Waals surface area contributed by atoms with Gasteiger partial charge in [-0.1, -0.05) is 95.3 Å². The average molecular weight is 1650 g/mol. The van der Waals surface area contributed by atoms with Crippen molar-refractivity contribution >= 4 is 91.7 Å². The minimum Gasteiger partial charge on any atom is -1.00 e. The fourth-order valence-corrected chi connectivity index (χ4v) is 11.5. The van der Waals surface area contributed by atoms with Crippen molar-refractivity contribution in [3.63, 3.8) is 0 Å². The minimum atomic E-state index is -2.01. The molecule has 117 heavy (non-hydrogen) atoms. The molecule has 3 aliphatic rings. The number of aryl methyl sites for hydroxylation is 6. The number of nitrogen functional groups attached to an aromatic ring is 1. The monoisotopic (exact) mass is 1650 g/mol. The number of fused-ring (bicyclic) bond motifs is 3. The van der Waals surface area contributed by atoms with Crippen LogP contribution in [0.25, 0.3) is 6.08 Å². The number of benzene rings is 9. The Morgan fingerprint density at radius 1 is 0.530 bits per heavy atom. The summed E-state index contributed by atoms with van der Waals surface area (Å²) in [7, 11) is -3.01. The van der Waals surface area contributed by atoms with Gasteiger partial charge in [0.05, 0.1) is 59.6 Å². The second-order valence-corrected chi connectivity index (χ2v) is 31.6. The molecule has 0 aromatic heterocycles. The molecular formula is C88H96F7N6NaO14Si. The van der Waals surface area contributed by atoms with E-state index >= 15 is 0 Å². The largest absolute Gasteiger partial charge is 1.00 e. The number of aromatic hydroxyl groups is 2. The van der Waals surface area contributed by atoms with Crippen LogP contribution < -0.4 is 66.3 Å². The summed E-state index contributed by atoms with van der Waals surface area (Å²) in [6.45, 7) is 23.3. The van der Waals surface area contributed by atoms with E-state index in [1.165, 1.54) is 60.7 Å². The Labute approximate surface area is 701 Å². The first-order valence-electron chi connectivity index (χ1n) is 37.2. The number of esters is 1. The molecule has 0 radical (unpaired) electrons. The summed E-state index contributed by atoms with van der Waals surface area (Å²) < 4.78 is 106. The Bertz CT molecular complexity index is 4980. The number of rotatable bonds is 20. The fourth-order valence-electron chi connectivity index (χ4n) is 10.5. The van der Waals surface area contributed by atoms with Crippen molar-refractivity contribution in [1.29, 1.82) is 0 Å². The third kappa shape index (κ3) is 30.7. The van der Waals surface area contributed by atoms with E-state index in [1.807, 2.05) is 39.8 Å². The smallest absolute Gasteiger partial charge is 1.00 e. The molecule has 0 unspecified atom stereocenters. The number of imide groups is 3. The number of phenolic OH excluding ortho intramolecular Hbond substituents is 2. The molecule has 0 saturated carbocycles. The predicted octanol–water partition coefficient (Wildman–Crippen LogP) is 14.7. The van der Waals surface area contributed by atoms with Crippen LogP contribution in [0.4, 0.5) is 47.8 Å². The third-order valence-corrected chi connectivity index (χ3v) is 21.8. The van der Waals surface area contributed by atoms with Crippen LogP contribution in [-0.2, 0) is 33.6 Å². The summed E-state index contributed by atoms with van der Waals surface area (Å²) in [4.78, 5) is 110. The Hall–Kier alpha value is -11.9. The predicted molar refractivity (Wildman–Crippen MR) is 437 cm³/mol. The van der Waals surface area contributed by atoms with Crippen molar-refractivity contribution in [3.8, 4) is 17.2 Å². The molecular weight excluding hydrogens is 1550 g/mol. The normalized spacial score (nSPS) is 11.7. The van der Waals surface area contributed by atoms with Gasteiger partial charge in [0.1, 0.15) is 58.4 Å². The molecule has 0 saturated heterocycles. The SMILES string of the molecule is CC.CC(C)(C)[Si](C)(C)Oc1ccc(CCCNc2cccc3c2C(=O)NC3=O)c(F)c1.CCOC(=O)/C=C/c1ccc(C)cc1F.Cc1ccc(C=O)c(F)c1.Cc1ccc(CCC=O)c(F)c1.Nc1cccc2c1C(=O)NC2=O.O=C1NC(=O)c2c(NCCCc3ccc(O)cc3F)cccc21.O=Cc1ccc(O)cc1F.[2H]CF.[H-].[Na+]. The Balaban J connectivity index is 0.000000483. The Morgan fingerprint density at radius 3 is 1.32 bits per heavy atom. The van der Waals surface area contributed by atoms with Gasteiger partial charge in [-0.3, -0.25) is 58.7 Å². The molecule has 6 amide bonds.